The van der Waals surface area contributed by atoms with Crippen molar-refractivity contribution in [3.05, 3.63) is 29.3 Å². The van der Waals surface area contributed by atoms with Gasteiger partial charge in [-0.2, -0.15) is 0 Å². The Bertz CT molecular complexity index is 632. The lowest BCUT2D eigenvalue weighted by molar-refractivity contribution is -0.123. The largest absolute Gasteiger partial charge is 0.496 e. The Kier molecular flexibility index (Phi) is 9.14. The van der Waals surface area contributed by atoms with Gasteiger partial charge in [-0.05, 0) is 38.5 Å². The molecule has 0 fully saturated rings. The van der Waals surface area contributed by atoms with Crippen molar-refractivity contribution in [2.45, 2.75) is 39.8 Å². The molecule has 1 aromatic rings. The summed E-state index contributed by atoms with van der Waals surface area (Å²) in [6.07, 6.45) is 0.734. The molecule has 8 heteroatoms. The molecule has 1 atom stereocenters. The van der Waals surface area contributed by atoms with Gasteiger partial charge in [-0.3, -0.25) is 10.1 Å². The Morgan fingerprint density at radius 3 is 2.54 bits per heavy atom. The van der Waals surface area contributed by atoms with E-state index in [1.807, 2.05) is 20.8 Å². The van der Waals surface area contributed by atoms with Crippen LogP contribution in [-0.2, 0) is 20.9 Å². The predicted octanol–water partition coefficient (Wildman–Crippen LogP) is 2.01. The fourth-order valence-corrected chi connectivity index (χ4v) is 1.97. The van der Waals surface area contributed by atoms with Crippen LogP contribution in [-0.4, -0.2) is 44.3 Å². The molecule has 1 aromatic carbocycles. The van der Waals surface area contributed by atoms with E-state index < -0.39 is 24.5 Å². The molecule has 0 aliphatic heterocycles. The topological polar surface area (TPSA) is 103 Å². The normalized spacial score (nSPS) is 11.4. The number of benzene rings is 1. The quantitative estimate of drug-likeness (QED) is 0.648. The molecule has 26 heavy (non-hydrogen) atoms. The van der Waals surface area contributed by atoms with Crippen molar-refractivity contribution >= 4 is 17.9 Å². The minimum absolute atomic E-state index is 0.0617. The molecule has 0 bridgehead atoms. The van der Waals surface area contributed by atoms with Crippen molar-refractivity contribution < 1.29 is 28.6 Å². The van der Waals surface area contributed by atoms with Crippen molar-refractivity contribution in [3.8, 4) is 5.75 Å². The number of rotatable bonds is 9. The summed E-state index contributed by atoms with van der Waals surface area (Å²) in [6, 6.07) is 4.07. The van der Waals surface area contributed by atoms with Gasteiger partial charge in [0, 0.05) is 18.2 Å². The third-order valence-corrected chi connectivity index (χ3v) is 3.55. The van der Waals surface area contributed by atoms with Gasteiger partial charge in [-0.25, -0.2) is 9.59 Å². The van der Waals surface area contributed by atoms with E-state index in [-0.39, 0.29) is 18.2 Å². The Morgan fingerprint density at radius 2 is 1.92 bits per heavy atom. The third-order valence-electron chi connectivity index (χ3n) is 3.55. The van der Waals surface area contributed by atoms with Crippen LogP contribution in [0.5, 0.6) is 5.75 Å². The average Bonchev–Trinajstić information content (AvgIpc) is 2.63. The first-order chi connectivity index (χ1) is 12.4. The van der Waals surface area contributed by atoms with Crippen LogP contribution in [0.15, 0.2) is 18.2 Å². The monoisotopic (exact) mass is 366 g/mol. The SMILES string of the molecule is CCOCc1cc(C(=O)OCC(=O)NC(=O)N[C@H](C)CC)ccc1OC. The highest BCUT2D eigenvalue weighted by molar-refractivity contribution is 5.97. The molecule has 8 nitrogen and oxygen atoms in total. The van der Waals surface area contributed by atoms with Gasteiger partial charge in [-0.1, -0.05) is 6.92 Å². The molecular weight excluding hydrogens is 340 g/mol. The van der Waals surface area contributed by atoms with E-state index >= 15 is 0 Å². The second-order valence-electron chi connectivity index (χ2n) is 5.57. The molecular formula is C18H26N2O6. The summed E-state index contributed by atoms with van der Waals surface area (Å²) in [5.41, 5.74) is 0.957. The van der Waals surface area contributed by atoms with Gasteiger partial charge in [0.05, 0.1) is 19.3 Å². The van der Waals surface area contributed by atoms with Gasteiger partial charge in [-0.15, -0.1) is 0 Å². The number of urea groups is 1. The minimum atomic E-state index is -0.706. The van der Waals surface area contributed by atoms with E-state index in [4.69, 9.17) is 14.2 Å². The predicted molar refractivity (Wildman–Crippen MR) is 95.0 cm³/mol. The summed E-state index contributed by atoms with van der Waals surface area (Å²) < 4.78 is 15.5. The van der Waals surface area contributed by atoms with Crippen LogP contribution in [0.25, 0.3) is 0 Å². The van der Waals surface area contributed by atoms with Crippen LogP contribution in [0, 0.1) is 0 Å². The molecule has 0 aliphatic rings. The molecule has 0 radical (unpaired) electrons. The lowest BCUT2D eigenvalue weighted by Gasteiger charge is -2.12. The van der Waals surface area contributed by atoms with E-state index in [0.717, 1.165) is 6.42 Å². The molecule has 2 N–H and O–H groups in total. The lowest BCUT2D eigenvalue weighted by Crippen LogP contribution is -2.44. The number of carbonyl (C=O) groups is 3. The van der Waals surface area contributed by atoms with Gasteiger partial charge >= 0.3 is 12.0 Å². The molecule has 0 saturated heterocycles. The van der Waals surface area contributed by atoms with Gasteiger partial charge in [0.1, 0.15) is 5.75 Å². The molecule has 3 amide bonds. The number of ether oxygens (including phenoxy) is 3. The molecule has 0 unspecified atom stereocenters. The summed E-state index contributed by atoms with van der Waals surface area (Å²) in [4.78, 5) is 35.3. The van der Waals surface area contributed by atoms with E-state index in [9.17, 15) is 14.4 Å². The second kappa shape index (κ2) is 11.1. The van der Waals surface area contributed by atoms with Crippen LogP contribution < -0.4 is 15.4 Å². The van der Waals surface area contributed by atoms with E-state index in [2.05, 4.69) is 10.6 Å². The van der Waals surface area contributed by atoms with Crippen LogP contribution >= 0.6 is 0 Å². The summed E-state index contributed by atoms with van der Waals surface area (Å²) in [7, 11) is 1.53. The second-order valence-corrected chi connectivity index (χ2v) is 5.57. The maximum Gasteiger partial charge on any atom is 0.338 e. The van der Waals surface area contributed by atoms with Gasteiger partial charge in [0.2, 0.25) is 0 Å². The summed E-state index contributed by atoms with van der Waals surface area (Å²) in [5.74, 6) is -0.792. The fraction of sp³-hybridized carbons (Fsp3) is 0.500. The lowest BCUT2D eigenvalue weighted by atomic mass is 10.1. The molecule has 0 aliphatic carbocycles. The van der Waals surface area contributed by atoms with Crippen molar-refractivity contribution in [2.75, 3.05) is 20.3 Å². The van der Waals surface area contributed by atoms with E-state index in [1.54, 1.807) is 12.1 Å². The standard InChI is InChI=1S/C18H26N2O6/c1-5-12(3)19-18(23)20-16(21)11-26-17(22)13-7-8-15(24-4)14(9-13)10-25-6-2/h7-9,12H,5-6,10-11H2,1-4H3,(H2,19,20,21,23)/t12-/m1/s1. The number of hydrogen-bond acceptors (Lipinski definition) is 6. The number of carbonyl (C=O) groups excluding carboxylic acids is 3. The zero-order valence-corrected chi connectivity index (χ0v) is 15.6. The first-order valence-corrected chi connectivity index (χ1v) is 8.43. The zero-order valence-electron chi connectivity index (χ0n) is 15.6. The highest BCUT2D eigenvalue weighted by Gasteiger charge is 2.15. The van der Waals surface area contributed by atoms with Crippen LogP contribution in [0.2, 0.25) is 0 Å². The number of amides is 3. The number of imide groups is 1. The third kappa shape index (κ3) is 7.10. The maximum atomic E-state index is 12.1. The minimum Gasteiger partial charge on any atom is -0.496 e. The Balaban J connectivity index is 2.59. The smallest absolute Gasteiger partial charge is 0.338 e. The maximum absolute atomic E-state index is 12.1. The van der Waals surface area contributed by atoms with Gasteiger partial charge in [0.15, 0.2) is 6.61 Å². The number of esters is 1. The molecule has 144 valence electrons. The summed E-state index contributed by atoms with van der Waals surface area (Å²) in [5, 5.41) is 4.68. The fourth-order valence-electron chi connectivity index (χ4n) is 1.97. The number of methoxy groups -OCH3 is 1. The average molecular weight is 366 g/mol. The number of hydrogen-bond donors (Lipinski definition) is 2. The molecule has 0 heterocycles. The Hall–Kier alpha value is -2.61. The first kappa shape index (κ1) is 21.4. The van der Waals surface area contributed by atoms with Crippen molar-refractivity contribution in [2.24, 2.45) is 0 Å². The summed E-state index contributed by atoms with van der Waals surface area (Å²) in [6.45, 7) is 5.84. The van der Waals surface area contributed by atoms with Gasteiger partial charge < -0.3 is 19.5 Å². The molecule has 0 aromatic heterocycles. The van der Waals surface area contributed by atoms with E-state index in [0.29, 0.717) is 17.9 Å². The Morgan fingerprint density at radius 1 is 1.19 bits per heavy atom. The highest BCUT2D eigenvalue weighted by atomic mass is 16.5. The zero-order chi connectivity index (χ0) is 19.5. The van der Waals surface area contributed by atoms with Crippen molar-refractivity contribution in [1.82, 2.24) is 10.6 Å². The van der Waals surface area contributed by atoms with Gasteiger partial charge in [0.25, 0.3) is 5.91 Å². The number of nitrogens with one attached hydrogen (secondary N) is 2. The highest BCUT2D eigenvalue weighted by Crippen LogP contribution is 2.21. The molecule has 0 spiro atoms. The summed E-state index contributed by atoms with van der Waals surface area (Å²) >= 11 is 0. The molecule has 0 saturated carbocycles. The van der Waals surface area contributed by atoms with Crippen LogP contribution in [0.4, 0.5) is 4.79 Å². The van der Waals surface area contributed by atoms with E-state index in [1.165, 1.54) is 13.2 Å². The van der Waals surface area contributed by atoms with Crippen molar-refractivity contribution in [1.29, 1.82) is 0 Å². The van der Waals surface area contributed by atoms with Crippen LogP contribution in [0.3, 0.4) is 0 Å². The van der Waals surface area contributed by atoms with Crippen LogP contribution in [0.1, 0.15) is 43.1 Å². The van der Waals surface area contributed by atoms with Crippen molar-refractivity contribution in [3.63, 3.8) is 0 Å². The molecule has 1 rings (SSSR count). The Labute approximate surface area is 153 Å². The first-order valence-electron chi connectivity index (χ1n) is 8.43.